The first kappa shape index (κ1) is 39.0. The van der Waals surface area contributed by atoms with E-state index >= 15 is 0 Å². The maximum absolute atomic E-state index is 11.6. The first-order valence-electron chi connectivity index (χ1n) is 10.2. The van der Waals surface area contributed by atoms with Gasteiger partial charge >= 0.3 is 29.2 Å². The fraction of sp³-hybridized carbons (Fsp3) is 0.357. The van der Waals surface area contributed by atoms with Crippen molar-refractivity contribution in [2.75, 3.05) is 18.1 Å². The Hall–Kier alpha value is -2.96. The number of nitrogens with zero attached hydrogens (tertiary/aromatic N) is 4. The monoisotopic (exact) mass is 672 g/mol. The zero-order valence-electron chi connectivity index (χ0n) is 20.5. The van der Waals surface area contributed by atoms with Crippen LogP contribution in [0.5, 0.6) is 0 Å². The molecule has 1 aliphatic rings. The van der Waals surface area contributed by atoms with Crippen molar-refractivity contribution in [1.29, 1.82) is 0 Å². The van der Waals surface area contributed by atoms with Gasteiger partial charge in [-0.05, 0) is 6.07 Å². The van der Waals surface area contributed by atoms with Crippen LogP contribution in [0.15, 0.2) is 28.2 Å². The largest absolute Gasteiger partial charge is 0.466 e. The van der Waals surface area contributed by atoms with E-state index in [0.29, 0.717) is 0 Å². The summed E-state index contributed by atoms with van der Waals surface area (Å²) in [5.41, 5.74) is 10.2. The Morgan fingerprint density at radius 3 is 1.83 bits per heavy atom. The lowest BCUT2D eigenvalue weighted by molar-refractivity contribution is -0.0432. The Morgan fingerprint density at radius 2 is 1.45 bits per heavy atom. The van der Waals surface area contributed by atoms with Gasteiger partial charge in [-0.15, -0.1) is 0 Å². The molecule has 1 aliphatic heterocycles. The van der Waals surface area contributed by atoms with Crippen molar-refractivity contribution >= 4 is 46.4 Å². The lowest BCUT2D eigenvalue weighted by Gasteiger charge is -2.13. The summed E-state index contributed by atoms with van der Waals surface area (Å²) in [6.07, 6.45) is 1.18. The van der Waals surface area contributed by atoms with Crippen LogP contribution in [0.3, 0.4) is 0 Å². The number of imidazole rings is 1. The first-order valence-corrected chi connectivity index (χ1v) is 14.9. The van der Waals surface area contributed by atoms with Crippen molar-refractivity contribution in [3.8, 4) is 0 Å². The minimum Gasteiger partial charge on any atom is -0.394 e. The predicted molar refractivity (Wildman–Crippen MR) is 136 cm³/mol. The van der Waals surface area contributed by atoms with Crippen LogP contribution in [0.2, 0.25) is 0 Å². The quantitative estimate of drug-likeness (QED) is 0.113. The molecule has 1 unspecified atom stereocenters. The van der Waals surface area contributed by atoms with Crippen LogP contribution in [0.25, 0.3) is 11.2 Å². The molecule has 1 saturated heterocycles. The van der Waals surface area contributed by atoms with Gasteiger partial charge < -0.3 is 75.4 Å². The molecule has 0 radical (unpaired) electrons. The molecular formula is C14H27N8O17P3. The maximum Gasteiger partial charge on any atom is 0.466 e. The third kappa shape index (κ3) is 19.2. The maximum atomic E-state index is 11.6. The van der Waals surface area contributed by atoms with E-state index in [-0.39, 0.29) is 36.0 Å². The number of aromatic amines is 2. The molecule has 3 aromatic heterocycles. The number of aliphatic hydroxyl groups is 2. The van der Waals surface area contributed by atoms with Crippen molar-refractivity contribution < 1.29 is 72.7 Å². The van der Waals surface area contributed by atoms with Gasteiger partial charge in [0.25, 0.3) is 5.56 Å². The molecule has 0 bridgehead atoms. The highest BCUT2D eigenvalue weighted by atomic mass is 31.2. The second-order valence-corrected chi connectivity index (χ2v) is 10.3. The highest BCUT2D eigenvalue weighted by molar-refractivity contribution is 7.45. The zero-order valence-corrected chi connectivity index (χ0v) is 23.2. The molecule has 28 heteroatoms. The Bertz CT molecular complexity index is 1450. The number of hydrogen-bond donors (Lipinski definition) is 15. The fourth-order valence-electron chi connectivity index (χ4n) is 2.59. The number of rotatable bonds is 2. The molecule has 0 amide bonds. The molecular weight excluding hydrogens is 645 g/mol. The number of nitrogens with one attached hydrogen (secondary N) is 2. The van der Waals surface area contributed by atoms with Crippen molar-refractivity contribution in [3.05, 3.63) is 39.4 Å². The molecule has 42 heavy (non-hydrogen) atoms. The van der Waals surface area contributed by atoms with E-state index in [4.69, 9.17) is 79.0 Å². The van der Waals surface area contributed by atoms with Gasteiger partial charge in [0.05, 0.1) is 19.0 Å². The summed E-state index contributed by atoms with van der Waals surface area (Å²) in [6, 6.07) is 1.52. The summed E-state index contributed by atoms with van der Waals surface area (Å²) in [5, 5.41) is 18.8. The number of nitrogen functional groups attached to an aromatic ring is 2. The van der Waals surface area contributed by atoms with Crippen molar-refractivity contribution in [2.24, 2.45) is 0 Å². The number of anilines is 2. The van der Waals surface area contributed by atoms with Crippen LogP contribution in [0.1, 0.15) is 12.6 Å². The van der Waals surface area contributed by atoms with E-state index in [2.05, 4.69) is 24.9 Å². The predicted octanol–water partition coefficient (Wildman–Crippen LogP) is -5.09. The Morgan fingerprint density at radius 1 is 0.952 bits per heavy atom. The molecule has 4 rings (SSSR count). The standard InChI is InChI=1S/C10H13N5O4.C4H5N3O.3H3O4P/c11-10-13-8-7(9(18)14-10)12-3-15(8)6-1-4(17)5(2-16)19-6;5-3-1-2-6-4(8)7-3;3*1-5(2,3)4/h3-6,16-17H,1-2H2,(H3,11,13,14,18);1-2H,(H3,5,6,7,8);3*(H3,1,2,3,4)/t4-,5+,6?;;;;/m0..../s1. The highest BCUT2D eigenvalue weighted by Gasteiger charge is 2.35. The second kappa shape index (κ2) is 16.6. The van der Waals surface area contributed by atoms with Gasteiger partial charge in [0.15, 0.2) is 11.2 Å². The molecule has 0 aromatic carbocycles. The van der Waals surface area contributed by atoms with E-state index in [1.165, 1.54) is 23.2 Å². The average molecular weight is 672 g/mol. The average Bonchev–Trinajstić information content (AvgIpc) is 3.33. The summed E-state index contributed by atoms with van der Waals surface area (Å²) >= 11 is 0. The fourth-order valence-corrected chi connectivity index (χ4v) is 2.59. The number of H-pyrrole nitrogens is 2. The van der Waals surface area contributed by atoms with Gasteiger partial charge in [-0.1, -0.05) is 0 Å². The Balaban J connectivity index is 0.000000604. The van der Waals surface area contributed by atoms with Gasteiger partial charge in [0.2, 0.25) is 5.95 Å². The van der Waals surface area contributed by atoms with Crippen LogP contribution in [0.4, 0.5) is 11.8 Å². The van der Waals surface area contributed by atoms with Gasteiger partial charge in [-0.2, -0.15) is 9.97 Å². The lowest BCUT2D eigenvalue weighted by Crippen LogP contribution is -2.24. The highest BCUT2D eigenvalue weighted by Crippen LogP contribution is 2.30. The first-order chi connectivity index (χ1) is 18.9. The molecule has 0 saturated carbocycles. The summed E-state index contributed by atoms with van der Waals surface area (Å²) in [6.45, 7) is -0.277. The second-order valence-electron chi connectivity index (χ2n) is 7.25. The summed E-state index contributed by atoms with van der Waals surface area (Å²) < 4.78 is 33.7. The van der Waals surface area contributed by atoms with E-state index in [1.807, 2.05) is 0 Å². The van der Waals surface area contributed by atoms with Crippen LogP contribution in [0, 0.1) is 0 Å². The summed E-state index contributed by atoms with van der Waals surface area (Å²) in [4.78, 5) is 103. The van der Waals surface area contributed by atoms with Gasteiger partial charge in [-0.3, -0.25) is 14.3 Å². The van der Waals surface area contributed by atoms with Gasteiger partial charge in [0.1, 0.15) is 18.1 Å². The van der Waals surface area contributed by atoms with Gasteiger partial charge in [-0.25, -0.2) is 23.5 Å². The third-order valence-corrected chi connectivity index (χ3v) is 3.84. The molecule has 0 aliphatic carbocycles. The minimum absolute atomic E-state index is 0.0171. The van der Waals surface area contributed by atoms with E-state index in [1.54, 1.807) is 0 Å². The van der Waals surface area contributed by atoms with E-state index in [0.717, 1.165) is 0 Å². The summed E-state index contributed by atoms with van der Waals surface area (Å²) in [5.74, 6) is 0.227. The molecule has 0 spiro atoms. The molecule has 1 fully saturated rings. The molecule has 3 aromatic rings. The number of fused-ring (bicyclic) bond motifs is 1. The number of nitrogens with two attached hydrogens (primary N) is 2. The number of ether oxygens (including phenoxy) is 1. The smallest absolute Gasteiger partial charge is 0.394 e. The van der Waals surface area contributed by atoms with Crippen LogP contribution in [-0.4, -0.2) is 103 Å². The molecule has 4 heterocycles. The molecule has 3 atom stereocenters. The van der Waals surface area contributed by atoms with Crippen LogP contribution in [-0.2, 0) is 18.4 Å². The number of aromatic nitrogens is 6. The Kier molecular flexibility index (Phi) is 15.4. The van der Waals surface area contributed by atoms with E-state index in [9.17, 15) is 14.7 Å². The topological polar surface area (TPSA) is 444 Å². The minimum atomic E-state index is -4.64. The van der Waals surface area contributed by atoms with Crippen molar-refractivity contribution in [2.45, 2.75) is 24.9 Å². The number of hydrogen-bond acceptors (Lipinski definition) is 13. The van der Waals surface area contributed by atoms with Crippen molar-refractivity contribution in [1.82, 2.24) is 29.5 Å². The molecule has 17 N–H and O–H groups in total. The number of phosphoric acid groups is 3. The molecule has 240 valence electrons. The van der Waals surface area contributed by atoms with Crippen LogP contribution < -0.4 is 22.7 Å². The normalized spacial score (nSPS) is 18.2. The van der Waals surface area contributed by atoms with E-state index < -0.39 is 53.2 Å². The Labute approximate surface area is 231 Å². The lowest BCUT2D eigenvalue weighted by atomic mass is 10.2. The van der Waals surface area contributed by atoms with Crippen LogP contribution >= 0.6 is 23.5 Å². The van der Waals surface area contributed by atoms with Gasteiger partial charge in [0, 0.05) is 12.6 Å². The van der Waals surface area contributed by atoms with Crippen molar-refractivity contribution in [3.63, 3.8) is 0 Å². The zero-order chi connectivity index (χ0) is 33.1. The summed E-state index contributed by atoms with van der Waals surface area (Å²) in [7, 11) is -13.9. The SMILES string of the molecule is Nc1cc[nH]c(=O)n1.Nc1nc2c(ncn2C2C[C@H](O)[C@@H](CO)O2)c(=O)[nH]1.O=P(O)(O)O.O=P(O)(O)O.O=P(O)(O)O. The number of aliphatic hydroxyl groups excluding tert-OH is 2. The molecule has 25 nitrogen and oxygen atoms in total. The third-order valence-electron chi connectivity index (χ3n) is 3.84.